The molecule has 1 rings (SSSR count). The summed E-state index contributed by atoms with van der Waals surface area (Å²) in [5, 5.41) is 11.3. The molecule has 0 aliphatic carbocycles. The Bertz CT molecular complexity index is 464. The SMILES string of the molecule is CC(C)[C@H](NC(=O)/C=C/c1ccc(Br)o1)C(=O)O. The fourth-order valence-electron chi connectivity index (χ4n) is 1.29. The van der Waals surface area contributed by atoms with Crippen molar-refractivity contribution in [1.82, 2.24) is 5.32 Å². The molecule has 0 fully saturated rings. The van der Waals surface area contributed by atoms with Crippen molar-refractivity contribution in [1.29, 1.82) is 0 Å². The summed E-state index contributed by atoms with van der Waals surface area (Å²) >= 11 is 3.14. The Labute approximate surface area is 113 Å². The highest BCUT2D eigenvalue weighted by atomic mass is 79.9. The summed E-state index contributed by atoms with van der Waals surface area (Å²) in [5.41, 5.74) is 0. The van der Waals surface area contributed by atoms with Crippen molar-refractivity contribution in [2.75, 3.05) is 0 Å². The van der Waals surface area contributed by atoms with E-state index in [0.717, 1.165) is 0 Å². The maximum atomic E-state index is 11.5. The molecule has 1 amide bonds. The van der Waals surface area contributed by atoms with E-state index in [9.17, 15) is 9.59 Å². The molecule has 1 heterocycles. The minimum Gasteiger partial charge on any atom is -0.480 e. The Kier molecular flexibility index (Phi) is 5.15. The van der Waals surface area contributed by atoms with Crippen LogP contribution in [-0.4, -0.2) is 23.0 Å². The number of carbonyl (C=O) groups is 2. The largest absolute Gasteiger partial charge is 0.480 e. The molecule has 6 heteroatoms. The Morgan fingerprint density at radius 3 is 2.56 bits per heavy atom. The number of hydrogen-bond acceptors (Lipinski definition) is 3. The van der Waals surface area contributed by atoms with Gasteiger partial charge < -0.3 is 14.8 Å². The maximum Gasteiger partial charge on any atom is 0.326 e. The quantitative estimate of drug-likeness (QED) is 0.817. The molecule has 5 nitrogen and oxygen atoms in total. The molecule has 98 valence electrons. The van der Waals surface area contributed by atoms with E-state index < -0.39 is 17.9 Å². The van der Waals surface area contributed by atoms with Crippen LogP contribution in [0.2, 0.25) is 0 Å². The van der Waals surface area contributed by atoms with E-state index in [2.05, 4.69) is 21.2 Å². The number of halogens is 1. The third-order valence-corrected chi connectivity index (χ3v) is 2.65. The molecule has 0 saturated carbocycles. The summed E-state index contributed by atoms with van der Waals surface area (Å²) < 4.78 is 5.73. The van der Waals surface area contributed by atoms with Crippen molar-refractivity contribution < 1.29 is 19.1 Å². The van der Waals surface area contributed by atoms with Gasteiger partial charge >= 0.3 is 5.97 Å². The van der Waals surface area contributed by atoms with Gasteiger partial charge in [-0.05, 0) is 40.1 Å². The fraction of sp³-hybridized carbons (Fsp3) is 0.333. The topological polar surface area (TPSA) is 79.5 Å². The molecule has 1 atom stereocenters. The molecular weight excluding hydrogens is 302 g/mol. The summed E-state index contributed by atoms with van der Waals surface area (Å²) in [4.78, 5) is 22.4. The Morgan fingerprint density at radius 2 is 2.11 bits per heavy atom. The van der Waals surface area contributed by atoms with Gasteiger partial charge in [0.2, 0.25) is 5.91 Å². The van der Waals surface area contributed by atoms with Crippen molar-refractivity contribution >= 4 is 33.9 Å². The minimum absolute atomic E-state index is 0.183. The maximum absolute atomic E-state index is 11.5. The van der Waals surface area contributed by atoms with Crippen LogP contribution in [-0.2, 0) is 9.59 Å². The first-order chi connectivity index (χ1) is 8.40. The Hall–Kier alpha value is -1.56. The number of rotatable bonds is 5. The highest BCUT2D eigenvalue weighted by molar-refractivity contribution is 9.10. The standard InChI is InChI=1S/C12H14BrNO4/c1-7(2)11(12(16)17)14-10(15)6-4-8-3-5-9(13)18-8/h3-7,11H,1-2H3,(H,14,15)(H,16,17)/b6-4+/t11-/m0/s1. The van der Waals surface area contributed by atoms with Crippen molar-refractivity contribution in [2.24, 2.45) is 5.92 Å². The van der Waals surface area contributed by atoms with E-state index >= 15 is 0 Å². The van der Waals surface area contributed by atoms with Gasteiger partial charge in [-0.25, -0.2) is 4.79 Å². The lowest BCUT2D eigenvalue weighted by Gasteiger charge is -2.16. The molecule has 0 aromatic carbocycles. The number of carbonyl (C=O) groups excluding carboxylic acids is 1. The van der Waals surface area contributed by atoms with Gasteiger partial charge in [-0.3, -0.25) is 4.79 Å². The molecule has 0 aliphatic heterocycles. The van der Waals surface area contributed by atoms with E-state index in [4.69, 9.17) is 9.52 Å². The minimum atomic E-state index is -1.05. The molecule has 0 radical (unpaired) electrons. The first-order valence-electron chi connectivity index (χ1n) is 5.37. The summed E-state index contributed by atoms with van der Waals surface area (Å²) in [7, 11) is 0. The van der Waals surface area contributed by atoms with E-state index in [-0.39, 0.29) is 5.92 Å². The van der Waals surface area contributed by atoms with E-state index in [1.54, 1.807) is 26.0 Å². The molecule has 1 aromatic heterocycles. The van der Waals surface area contributed by atoms with Crippen LogP contribution in [0.15, 0.2) is 27.3 Å². The van der Waals surface area contributed by atoms with Crippen LogP contribution in [0.4, 0.5) is 0 Å². The summed E-state index contributed by atoms with van der Waals surface area (Å²) in [6, 6.07) is 2.49. The summed E-state index contributed by atoms with van der Waals surface area (Å²) in [6.45, 7) is 3.46. The van der Waals surface area contributed by atoms with Crippen LogP contribution in [0, 0.1) is 5.92 Å². The molecule has 18 heavy (non-hydrogen) atoms. The zero-order chi connectivity index (χ0) is 13.7. The normalized spacial score (nSPS) is 12.9. The number of nitrogens with one attached hydrogen (secondary N) is 1. The lowest BCUT2D eigenvalue weighted by molar-refractivity contribution is -0.142. The van der Waals surface area contributed by atoms with E-state index in [1.165, 1.54) is 12.2 Å². The second-order valence-electron chi connectivity index (χ2n) is 4.04. The van der Waals surface area contributed by atoms with Gasteiger partial charge in [0.05, 0.1) is 0 Å². The van der Waals surface area contributed by atoms with E-state index in [1.807, 2.05) is 0 Å². The second-order valence-corrected chi connectivity index (χ2v) is 4.83. The highest BCUT2D eigenvalue weighted by Gasteiger charge is 2.22. The number of carboxylic acid groups (broad SMARTS) is 1. The number of hydrogen-bond donors (Lipinski definition) is 2. The average molecular weight is 316 g/mol. The first-order valence-corrected chi connectivity index (χ1v) is 6.16. The highest BCUT2D eigenvalue weighted by Crippen LogP contribution is 2.14. The number of aliphatic carboxylic acids is 1. The van der Waals surface area contributed by atoms with Crippen molar-refractivity contribution in [3.8, 4) is 0 Å². The van der Waals surface area contributed by atoms with Crippen molar-refractivity contribution in [3.05, 3.63) is 28.6 Å². The molecule has 0 bridgehead atoms. The molecular formula is C12H14BrNO4. The van der Waals surface area contributed by atoms with Gasteiger partial charge in [0.25, 0.3) is 0 Å². The van der Waals surface area contributed by atoms with Crippen LogP contribution in [0.25, 0.3) is 6.08 Å². The second kappa shape index (κ2) is 6.39. The predicted molar refractivity (Wildman–Crippen MR) is 69.8 cm³/mol. The van der Waals surface area contributed by atoms with Gasteiger partial charge in [0, 0.05) is 6.08 Å². The van der Waals surface area contributed by atoms with Gasteiger partial charge in [-0.2, -0.15) is 0 Å². The summed E-state index contributed by atoms with van der Waals surface area (Å²) in [5.74, 6) is -1.19. The zero-order valence-corrected chi connectivity index (χ0v) is 11.6. The first kappa shape index (κ1) is 14.5. The molecule has 1 aromatic rings. The molecule has 0 aliphatic rings. The smallest absolute Gasteiger partial charge is 0.326 e. The van der Waals surface area contributed by atoms with Gasteiger partial charge in [0.1, 0.15) is 11.8 Å². The van der Waals surface area contributed by atoms with Crippen LogP contribution >= 0.6 is 15.9 Å². The van der Waals surface area contributed by atoms with Crippen LogP contribution < -0.4 is 5.32 Å². The van der Waals surface area contributed by atoms with Crippen LogP contribution in [0.1, 0.15) is 19.6 Å². The third-order valence-electron chi connectivity index (χ3n) is 2.22. The number of amides is 1. The Morgan fingerprint density at radius 1 is 1.44 bits per heavy atom. The van der Waals surface area contributed by atoms with E-state index in [0.29, 0.717) is 10.4 Å². The molecule has 2 N–H and O–H groups in total. The molecule has 0 unspecified atom stereocenters. The predicted octanol–water partition coefficient (Wildman–Crippen LogP) is 2.28. The fourth-order valence-corrected chi connectivity index (χ4v) is 1.61. The average Bonchev–Trinajstić information content (AvgIpc) is 2.68. The summed E-state index contributed by atoms with van der Waals surface area (Å²) in [6.07, 6.45) is 2.71. The lowest BCUT2D eigenvalue weighted by Crippen LogP contribution is -2.43. The van der Waals surface area contributed by atoms with Gasteiger partial charge in [-0.15, -0.1) is 0 Å². The monoisotopic (exact) mass is 315 g/mol. The van der Waals surface area contributed by atoms with Crippen LogP contribution in [0.5, 0.6) is 0 Å². The third kappa shape index (κ3) is 4.37. The zero-order valence-electron chi connectivity index (χ0n) is 10.0. The number of furan rings is 1. The molecule has 0 spiro atoms. The number of carboxylic acids is 1. The van der Waals surface area contributed by atoms with Gasteiger partial charge in [0.15, 0.2) is 4.67 Å². The van der Waals surface area contributed by atoms with Gasteiger partial charge in [-0.1, -0.05) is 13.8 Å². The Balaban J connectivity index is 2.60. The van der Waals surface area contributed by atoms with Crippen LogP contribution in [0.3, 0.4) is 0 Å². The van der Waals surface area contributed by atoms with Crippen molar-refractivity contribution in [3.63, 3.8) is 0 Å². The molecule has 0 saturated heterocycles. The van der Waals surface area contributed by atoms with Crippen molar-refractivity contribution in [2.45, 2.75) is 19.9 Å². The lowest BCUT2D eigenvalue weighted by atomic mass is 10.0.